The number of aromatic nitrogens is 2. The number of nitrogens with one attached hydrogen (secondary N) is 1. The van der Waals surface area contributed by atoms with E-state index < -0.39 is 0 Å². The third-order valence-corrected chi connectivity index (χ3v) is 3.85. The summed E-state index contributed by atoms with van der Waals surface area (Å²) in [6, 6.07) is 17.3. The van der Waals surface area contributed by atoms with Gasteiger partial charge in [-0.05, 0) is 36.7 Å². The van der Waals surface area contributed by atoms with E-state index in [1.807, 2.05) is 16.9 Å². The standard InChI is InChI=1S/C18H21N3/c1-3-17(19-4-2)14-9-7-10-16(12-14)21-18-11-6-5-8-15(18)13-20-21/h5-13,17,19H,3-4H2,1-2H3. The van der Waals surface area contributed by atoms with E-state index in [2.05, 4.69) is 66.7 Å². The van der Waals surface area contributed by atoms with Gasteiger partial charge >= 0.3 is 0 Å². The van der Waals surface area contributed by atoms with Crippen molar-refractivity contribution in [3.05, 3.63) is 60.3 Å². The molecule has 1 heterocycles. The zero-order valence-corrected chi connectivity index (χ0v) is 12.6. The molecule has 0 bridgehead atoms. The Balaban J connectivity index is 2.03. The highest BCUT2D eigenvalue weighted by atomic mass is 15.3. The van der Waals surface area contributed by atoms with Crippen molar-refractivity contribution < 1.29 is 0 Å². The van der Waals surface area contributed by atoms with Crippen molar-refractivity contribution in [2.75, 3.05) is 6.54 Å². The summed E-state index contributed by atoms with van der Waals surface area (Å²) in [6.45, 7) is 5.34. The molecule has 1 atom stereocenters. The lowest BCUT2D eigenvalue weighted by Gasteiger charge is -2.17. The van der Waals surface area contributed by atoms with Crippen LogP contribution in [0.25, 0.3) is 16.6 Å². The Morgan fingerprint density at radius 2 is 1.95 bits per heavy atom. The highest BCUT2D eigenvalue weighted by Crippen LogP contribution is 2.22. The fraction of sp³-hybridized carbons (Fsp3) is 0.278. The molecule has 0 saturated carbocycles. The Bertz CT molecular complexity index is 730. The molecule has 0 amide bonds. The van der Waals surface area contributed by atoms with Crippen LogP contribution in [0.4, 0.5) is 0 Å². The summed E-state index contributed by atoms with van der Waals surface area (Å²) in [5.74, 6) is 0. The summed E-state index contributed by atoms with van der Waals surface area (Å²) >= 11 is 0. The van der Waals surface area contributed by atoms with Crippen LogP contribution in [0, 0.1) is 0 Å². The average Bonchev–Trinajstić information content (AvgIpc) is 2.97. The Morgan fingerprint density at radius 3 is 2.76 bits per heavy atom. The van der Waals surface area contributed by atoms with Crippen LogP contribution in [0.1, 0.15) is 31.9 Å². The fourth-order valence-electron chi connectivity index (χ4n) is 2.80. The molecular weight excluding hydrogens is 258 g/mol. The smallest absolute Gasteiger partial charge is 0.0741 e. The SMILES string of the molecule is CCNC(CC)c1cccc(-n2ncc3ccccc32)c1. The first-order valence-electron chi connectivity index (χ1n) is 7.60. The van der Waals surface area contributed by atoms with Crippen LogP contribution in [0.15, 0.2) is 54.7 Å². The number of fused-ring (bicyclic) bond motifs is 1. The summed E-state index contributed by atoms with van der Waals surface area (Å²) in [6.07, 6.45) is 3.00. The van der Waals surface area contributed by atoms with Crippen LogP contribution < -0.4 is 5.32 Å². The van der Waals surface area contributed by atoms with Crippen LogP contribution in [-0.4, -0.2) is 16.3 Å². The van der Waals surface area contributed by atoms with Gasteiger partial charge in [-0.1, -0.05) is 44.2 Å². The maximum atomic E-state index is 4.53. The van der Waals surface area contributed by atoms with Crippen molar-refractivity contribution in [3.63, 3.8) is 0 Å². The first-order valence-corrected chi connectivity index (χ1v) is 7.60. The average molecular weight is 279 g/mol. The number of hydrogen-bond donors (Lipinski definition) is 1. The molecule has 1 unspecified atom stereocenters. The third kappa shape index (κ3) is 2.69. The maximum absolute atomic E-state index is 4.53. The van der Waals surface area contributed by atoms with Crippen molar-refractivity contribution in [1.82, 2.24) is 15.1 Å². The first kappa shape index (κ1) is 13.8. The molecule has 2 aromatic carbocycles. The number of hydrogen-bond acceptors (Lipinski definition) is 2. The van der Waals surface area contributed by atoms with Crippen molar-refractivity contribution in [2.24, 2.45) is 0 Å². The fourth-order valence-corrected chi connectivity index (χ4v) is 2.80. The van der Waals surface area contributed by atoms with E-state index in [9.17, 15) is 0 Å². The normalized spacial score (nSPS) is 12.7. The van der Waals surface area contributed by atoms with E-state index >= 15 is 0 Å². The predicted octanol–water partition coefficient (Wildman–Crippen LogP) is 4.09. The van der Waals surface area contributed by atoms with Crippen LogP contribution in [0.2, 0.25) is 0 Å². The van der Waals surface area contributed by atoms with Gasteiger partial charge in [0.15, 0.2) is 0 Å². The quantitative estimate of drug-likeness (QED) is 0.762. The van der Waals surface area contributed by atoms with Crippen molar-refractivity contribution >= 4 is 10.9 Å². The van der Waals surface area contributed by atoms with Gasteiger partial charge in [-0.25, -0.2) is 4.68 Å². The Labute approximate surface area is 125 Å². The first-order chi connectivity index (χ1) is 10.3. The summed E-state index contributed by atoms with van der Waals surface area (Å²) in [5.41, 5.74) is 3.58. The molecule has 21 heavy (non-hydrogen) atoms. The zero-order chi connectivity index (χ0) is 14.7. The van der Waals surface area contributed by atoms with Crippen molar-refractivity contribution in [3.8, 4) is 5.69 Å². The van der Waals surface area contributed by atoms with E-state index in [1.165, 1.54) is 10.9 Å². The molecular formula is C18H21N3. The van der Waals surface area contributed by atoms with E-state index in [4.69, 9.17) is 0 Å². The second kappa shape index (κ2) is 6.10. The number of nitrogens with zero attached hydrogens (tertiary/aromatic N) is 2. The summed E-state index contributed by atoms with van der Waals surface area (Å²) in [5, 5.41) is 9.23. The molecule has 3 nitrogen and oxygen atoms in total. The van der Waals surface area contributed by atoms with Crippen molar-refractivity contribution in [1.29, 1.82) is 0 Å². The molecule has 1 N–H and O–H groups in total. The van der Waals surface area contributed by atoms with Crippen LogP contribution >= 0.6 is 0 Å². The topological polar surface area (TPSA) is 29.9 Å². The lowest BCUT2D eigenvalue weighted by Crippen LogP contribution is -2.20. The number of para-hydroxylation sites is 1. The van der Waals surface area contributed by atoms with Gasteiger partial charge in [0.05, 0.1) is 17.4 Å². The Morgan fingerprint density at radius 1 is 1.10 bits per heavy atom. The molecule has 0 saturated heterocycles. The maximum Gasteiger partial charge on any atom is 0.0741 e. The molecule has 108 valence electrons. The predicted molar refractivity (Wildman–Crippen MR) is 87.8 cm³/mol. The molecule has 0 radical (unpaired) electrons. The Kier molecular flexibility index (Phi) is 4.02. The molecule has 0 aliphatic rings. The minimum absolute atomic E-state index is 0.400. The molecule has 0 fully saturated rings. The van der Waals surface area contributed by atoms with Gasteiger partial charge in [-0.15, -0.1) is 0 Å². The van der Waals surface area contributed by atoms with Crippen LogP contribution in [0.5, 0.6) is 0 Å². The van der Waals surface area contributed by atoms with Crippen molar-refractivity contribution in [2.45, 2.75) is 26.3 Å². The van der Waals surface area contributed by atoms with E-state index in [0.717, 1.165) is 24.2 Å². The third-order valence-electron chi connectivity index (χ3n) is 3.85. The molecule has 3 aromatic rings. The highest BCUT2D eigenvalue weighted by Gasteiger charge is 2.10. The molecule has 3 rings (SSSR count). The zero-order valence-electron chi connectivity index (χ0n) is 12.6. The van der Waals surface area contributed by atoms with Gasteiger partial charge in [0.25, 0.3) is 0 Å². The van der Waals surface area contributed by atoms with Crippen LogP contribution in [-0.2, 0) is 0 Å². The Hall–Kier alpha value is -2.13. The minimum atomic E-state index is 0.400. The number of rotatable bonds is 5. The van der Waals surface area contributed by atoms with Crippen LogP contribution in [0.3, 0.4) is 0 Å². The molecule has 0 spiro atoms. The second-order valence-electron chi connectivity index (χ2n) is 5.23. The van der Waals surface area contributed by atoms with E-state index in [1.54, 1.807) is 0 Å². The lowest BCUT2D eigenvalue weighted by molar-refractivity contribution is 0.537. The largest absolute Gasteiger partial charge is 0.310 e. The summed E-state index contributed by atoms with van der Waals surface area (Å²) in [4.78, 5) is 0. The summed E-state index contributed by atoms with van der Waals surface area (Å²) < 4.78 is 2.01. The minimum Gasteiger partial charge on any atom is -0.310 e. The molecule has 3 heteroatoms. The highest BCUT2D eigenvalue weighted by molar-refractivity contribution is 5.80. The molecule has 0 aliphatic carbocycles. The van der Waals surface area contributed by atoms with E-state index in [0.29, 0.717) is 6.04 Å². The summed E-state index contributed by atoms with van der Waals surface area (Å²) in [7, 11) is 0. The second-order valence-corrected chi connectivity index (χ2v) is 5.23. The number of benzene rings is 2. The van der Waals surface area contributed by atoms with Gasteiger partial charge in [-0.3, -0.25) is 0 Å². The van der Waals surface area contributed by atoms with Gasteiger partial charge in [-0.2, -0.15) is 5.10 Å². The lowest BCUT2D eigenvalue weighted by atomic mass is 10.0. The van der Waals surface area contributed by atoms with E-state index in [-0.39, 0.29) is 0 Å². The van der Waals surface area contributed by atoms with Gasteiger partial charge in [0.1, 0.15) is 0 Å². The molecule has 1 aromatic heterocycles. The van der Waals surface area contributed by atoms with Gasteiger partial charge < -0.3 is 5.32 Å². The monoisotopic (exact) mass is 279 g/mol. The molecule has 0 aliphatic heterocycles. The van der Waals surface area contributed by atoms with Gasteiger partial charge in [0.2, 0.25) is 0 Å². The van der Waals surface area contributed by atoms with Gasteiger partial charge in [0, 0.05) is 11.4 Å².